The summed E-state index contributed by atoms with van der Waals surface area (Å²) < 4.78 is 9.36. The van der Waals surface area contributed by atoms with Gasteiger partial charge in [0.1, 0.15) is 0 Å². The van der Waals surface area contributed by atoms with Gasteiger partial charge in [0.25, 0.3) is 0 Å². The van der Waals surface area contributed by atoms with Gasteiger partial charge in [0.2, 0.25) is 0 Å². The van der Waals surface area contributed by atoms with Crippen LogP contribution in [0.5, 0.6) is 0 Å². The number of methoxy groups -OCH3 is 1. The Hall–Kier alpha value is -1.06. The van der Waals surface area contributed by atoms with Gasteiger partial charge in [-0.2, -0.15) is 0 Å². The fourth-order valence-corrected chi connectivity index (χ4v) is 1.20. The lowest BCUT2D eigenvalue weighted by Gasteiger charge is -2.12. The second-order valence-electron chi connectivity index (χ2n) is 3.02. The van der Waals surface area contributed by atoms with Gasteiger partial charge in [-0.15, -0.1) is 0 Å². The smallest absolute Gasteiger partial charge is 0.309 e. The highest BCUT2D eigenvalue weighted by Crippen LogP contribution is 2.13. The van der Waals surface area contributed by atoms with Gasteiger partial charge in [-0.25, -0.2) is 0 Å². The van der Waals surface area contributed by atoms with Crippen molar-refractivity contribution in [2.75, 3.05) is 13.7 Å². The molecule has 0 aromatic rings. The third-order valence-electron chi connectivity index (χ3n) is 1.90. The van der Waals surface area contributed by atoms with Crippen LogP contribution in [0.25, 0.3) is 0 Å². The Morgan fingerprint density at radius 1 is 1.29 bits per heavy atom. The van der Waals surface area contributed by atoms with Crippen molar-refractivity contribution in [3.8, 4) is 0 Å². The van der Waals surface area contributed by atoms with Crippen LogP contribution >= 0.6 is 0 Å². The minimum atomic E-state index is -0.364. The maximum Gasteiger partial charge on any atom is 0.309 e. The van der Waals surface area contributed by atoms with Crippen molar-refractivity contribution in [3.63, 3.8) is 0 Å². The number of carbonyl (C=O) groups is 2. The summed E-state index contributed by atoms with van der Waals surface area (Å²) in [6.45, 7) is 4.06. The van der Waals surface area contributed by atoms with Crippen LogP contribution in [-0.2, 0) is 19.1 Å². The molecule has 1 atom stereocenters. The van der Waals surface area contributed by atoms with Gasteiger partial charge in [-0.3, -0.25) is 9.59 Å². The number of hydrogen-bond acceptors (Lipinski definition) is 4. The molecule has 0 aromatic carbocycles. The highest BCUT2D eigenvalue weighted by molar-refractivity contribution is 5.79. The summed E-state index contributed by atoms with van der Waals surface area (Å²) in [5.41, 5.74) is 0. The van der Waals surface area contributed by atoms with Gasteiger partial charge in [0, 0.05) is 0 Å². The van der Waals surface area contributed by atoms with E-state index in [2.05, 4.69) is 4.74 Å². The number of rotatable bonds is 6. The zero-order valence-corrected chi connectivity index (χ0v) is 9.04. The van der Waals surface area contributed by atoms with Crippen LogP contribution in [0.15, 0.2) is 0 Å². The van der Waals surface area contributed by atoms with Crippen LogP contribution in [0.1, 0.15) is 33.1 Å². The van der Waals surface area contributed by atoms with E-state index in [1.54, 1.807) is 6.92 Å². The van der Waals surface area contributed by atoms with Crippen LogP contribution in [0.3, 0.4) is 0 Å². The average molecular weight is 202 g/mol. The van der Waals surface area contributed by atoms with Gasteiger partial charge in [0.15, 0.2) is 0 Å². The molecule has 0 amide bonds. The summed E-state index contributed by atoms with van der Waals surface area (Å²) in [5, 5.41) is 0. The Bertz CT molecular complexity index is 189. The van der Waals surface area contributed by atoms with Crippen molar-refractivity contribution >= 4 is 11.9 Å². The number of hydrogen-bond donors (Lipinski definition) is 0. The molecule has 4 nitrogen and oxygen atoms in total. The highest BCUT2D eigenvalue weighted by Gasteiger charge is 2.22. The number of carbonyl (C=O) groups excluding carboxylic acids is 2. The molecule has 0 spiro atoms. The van der Waals surface area contributed by atoms with Gasteiger partial charge in [0.05, 0.1) is 26.1 Å². The van der Waals surface area contributed by atoms with Crippen molar-refractivity contribution in [2.24, 2.45) is 5.92 Å². The SMILES string of the molecule is CCCC(CC(=O)OC)C(=O)OCC. The van der Waals surface area contributed by atoms with Crippen molar-refractivity contribution in [2.45, 2.75) is 33.1 Å². The van der Waals surface area contributed by atoms with Crippen LogP contribution in [0.4, 0.5) is 0 Å². The molecule has 82 valence electrons. The molecule has 14 heavy (non-hydrogen) atoms. The van der Waals surface area contributed by atoms with E-state index >= 15 is 0 Å². The van der Waals surface area contributed by atoms with Crippen molar-refractivity contribution in [1.29, 1.82) is 0 Å². The Balaban J connectivity index is 4.13. The number of esters is 2. The summed E-state index contributed by atoms with van der Waals surface area (Å²) in [7, 11) is 1.32. The first-order valence-corrected chi connectivity index (χ1v) is 4.89. The minimum Gasteiger partial charge on any atom is -0.469 e. The zero-order valence-electron chi connectivity index (χ0n) is 9.04. The summed E-state index contributed by atoms with van der Waals surface area (Å²) >= 11 is 0. The molecule has 0 bridgehead atoms. The van der Waals surface area contributed by atoms with E-state index in [0.29, 0.717) is 13.0 Å². The molecule has 0 fully saturated rings. The third kappa shape index (κ3) is 4.84. The molecule has 1 unspecified atom stereocenters. The van der Waals surface area contributed by atoms with Crippen LogP contribution in [-0.4, -0.2) is 25.7 Å². The predicted octanol–water partition coefficient (Wildman–Crippen LogP) is 1.53. The van der Waals surface area contributed by atoms with Gasteiger partial charge < -0.3 is 9.47 Å². The second kappa shape index (κ2) is 7.35. The molecule has 0 rings (SSSR count). The second-order valence-corrected chi connectivity index (χ2v) is 3.02. The fourth-order valence-electron chi connectivity index (χ4n) is 1.20. The van der Waals surface area contributed by atoms with E-state index < -0.39 is 0 Å². The molecule has 0 saturated carbocycles. The van der Waals surface area contributed by atoms with Crippen LogP contribution in [0, 0.1) is 5.92 Å². The van der Waals surface area contributed by atoms with Gasteiger partial charge in [-0.1, -0.05) is 13.3 Å². The highest BCUT2D eigenvalue weighted by atomic mass is 16.5. The van der Waals surface area contributed by atoms with Crippen molar-refractivity contribution < 1.29 is 19.1 Å². The third-order valence-corrected chi connectivity index (χ3v) is 1.90. The molecule has 0 saturated heterocycles. The lowest BCUT2D eigenvalue weighted by molar-refractivity contribution is -0.154. The maximum absolute atomic E-state index is 11.4. The first kappa shape index (κ1) is 12.9. The lowest BCUT2D eigenvalue weighted by Crippen LogP contribution is -2.21. The fraction of sp³-hybridized carbons (Fsp3) is 0.800. The summed E-state index contributed by atoms with van der Waals surface area (Å²) in [5.74, 6) is -1.02. The van der Waals surface area contributed by atoms with Crippen molar-refractivity contribution in [3.05, 3.63) is 0 Å². The molecular formula is C10H18O4. The molecule has 0 aliphatic heterocycles. The molecule has 4 heteroatoms. The summed E-state index contributed by atoms with van der Waals surface area (Å²) in [6, 6.07) is 0. The van der Waals surface area contributed by atoms with E-state index in [1.807, 2.05) is 6.92 Å². The Labute approximate surface area is 84.6 Å². The molecule has 0 heterocycles. The van der Waals surface area contributed by atoms with E-state index in [4.69, 9.17) is 4.74 Å². The van der Waals surface area contributed by atoms with E-state index in [0.717, 1.165) is 6.42 Å². The molecule has 0 aliphatic carbocycles. The average Bonchev–Trinajstić information content (AvgIpc) is 2.17. The van der Waals surface area contributed by atoms with E-state index in [-0.39, 0.29) is 24.3 Å². The predicted molar refractivity (Wildman–Crippen MR) is 51.7 cm³/mol. The first-order chi connectivity index (χ1) is 6.65. The monoisotopic (exact) mass is 202 g/mol. The Morgan fingerprint density at radius 3 is 2.36 bits per heavy atom. The molecule has 0 N–H and O–H groups in total. The van der Waals surface area contributed by atoms with E-state index in [9.17, 15) is 9.59 Å². The molecule has 0 aliphatic rings. The maximum atomic E-state index is 11.4. The quantitative estimate of drug-likeness (QED) is 0.613. The normalized spacial score (nSPS) is 11.9. The zero-order chi connectivity index (χ0) is 11.0. The molecule has 0 radical (unpaired) electrons. The largest absolute Gasteiger partial charge is 0.469 e. The molecular weight excluding hydrogens is 184 g/mol. The Kier molecular flexibility index (Phi) is 6.80. The number of ether oxygens (including phenoxy) is 2. The van der Waals surface area contributed by atoms with Crippen LogP contribution in [0.2, 0.25) is 0 Å². The van der Waals surface area contributed by atoms with Gasteiger partial charge >= 0.3 is 11.9 Å². The lowest BCUT2D eigenvalue weighted by atomic mass is 10.0. The first-order valence-electron chi connectivity index (χ1n) is 4.89. The standard InChI is InChI=1S/C10H18O4/c1-4-6-8(7-9(11)13-3)10(12)14-5-2/h8H,4-7H2,1-3H3. The van der Waals surface area contributed by atoms with Gasteiger partial charge in [-0.05, 0) is 13.3 Å². The Morgan fingerprint density at radius 2 is 1.93 bits per heavy atom. The molecule has 0 aromatic heterocycles. The van der Waals surface area contributed by atoms with Crippen molar-refractivity contribution in [1.82, 2.24) is 0 Å². The van der Waals surface area contributed by atoms with E-state index in [1.165, 1.54) is 7.11 Å². The summed E-state index contributed by atoms with van der Waals surface area (Å²) in [6.07, 6.45) is 1.62. The van der Waals surface area contributed by atoms with Crippen LogP contribution < -0.4 is 0 Å². The topological polar surface area (TPSA) is 52.6 Å². The summed E-state index contributed by atoms with van der Waals surface area (Å²) in [4.78, 5) is 22.3. The minimum absolute atomic E-state index is 0.114.